The molecule has 0 aromatic carbocycles. The van der Waals surface area contributed by atoms with Crippen molar-refractivity contribution in [2.75, 3.05) is 6.54 Å². The molecule has 0 amide bonds. The summed E-state index contributed by atoms with van der Waals surface area (Å²) in [6.07, 6.45) is 10.4. The predicted molar refractivity (Wildman–Crippen MR) is 143 cm³/mol. The molecule has 1 unspecified atom stereocenters. The third-order valence-corrected chi connectivity index (χ3v) is 13.0. The summed E-state index contributed by atoms with van der Waals surface area (Å²) < 4.78 is 0. The minimum Gasteiger partial charge on any atom is -0.311 e. The van der Waals surface area contributed by atoms with Gasteiger partial charge in [-0.1, -0.05) is 61.5 Å². The van der Waals surface area contributed by atoms with E-state index in [-0.39, 0.29) is 50.7 Å². The Kier molecular flexibility index (Phi) is 5.65. The number of rotatable bonds is 2. The number of nitrogens with zero attached hydrogens (tertiary/aromatic N) is 1. The molecule has 0 aromatic heterocycles. The Hall–Kier alpha value is -1.47. The van der Waals surface area contributed by atoms with E-state index in [1.807, 2.05) is 19.9 Å². The molecule has 8 atom stereocenters. The average Bonchev–Trinajstić information content (AvgIpc) is 2.79. The van der Waals surface area contributed by atoms with Crippen molar-refractivity contribution in [2.24, 2.45) is 50.7 Å². The lowest BCUT2D eigenvalue weighted by Crippen LogP contribution is -2.71. The first-order valence-electron chi connectivity index (χ1n) is 14.6. The van der Waals surface area contributed by atoms with Crippen LogP contribution >= 0.6 is 0 Å². The fraction of sp³-hybridized carbons (Fsp3) is 0.844. The molecule has 1 N–H and O–H groups in total. The second kappa shape index (κ2) is 7.78. The first-order chi connectivity index (χ1) is 16.6. The number of ketones is 2. The van der Waals surface area contributed by atoms with Crippen molar-refractivity contribution in [1.82, 2.24) is 5.32 Å². The number of carbonyl (C=O) groups is 2. The van der Waals surface area contributed by atoms with Gasteiger partial charge in [0.15, 0.2) is 5.78 Å². The third-order valence-electron chi connectivity index (χ3n) is 13.0. The fourth-order valence-corrected chi connectivity index (χ4v) is 11.0. The van der Waals surface area contributed by atoms with E-state index < -0.39 is 5.41 Å². The monoisotopic (exact) mass is 492 g/mol. The van der Waals surface area contributed by atoms with Gasteiger partial charge in [-0.05, 0) is 90.9 Å². The fourth-order valence-electron chi connectivity index (χ4n) is 11.0. The highest BCUT2D eigenvalue weighted by Gasteiger charge is 2.72. The molecule has 0 aliphatic heterocycles. The molecule has 0 spiro atoms. The van der Waals surface area contributed by atoms with Crippen LogP contribution in [0.1, 0.15) is 107 Å². The summed E-state index contributed by atoms with van der Waals surface area (Å²) in [7, 11) is 0. The van der Waals surface area contributed by atoms with Gasteiger partial charge in [-0.3, -0.25) is 9.59 Å². The standard InChI is InChI=1S/C32H48N2O2/c1-9-34-32-14-12-27(2,3)18-21(32)25-22(35)16-24-29(6)17-20(19-33)26(36)28(4,5)23(29)10-11-30(24,7)31(25,8)13-15-32/h17,21,23-25,34H,9-16,18H2,1-8H3/t21-,23?,24+,25-,29-,30+,31+,32-/m0/s1. The number of nitrogens with one attached hydrogen (secondary N) is 1. The van der Waals surface area contributed by atoms with Crippen LogP contribution in [0.5, 0.6) is 0 Å². The Morgan fingerprint density at radius 3 is 2.25 bits per heavy atom. The molecule has 4 fully saturated rings. The number of allylic oxidation sites excluding steroid dienone is 2. The van der Waals surface area contributed by atoms with Crippen LogP contribution in [-0.2, 0) is 9.59 Å². The summed E-state index contributed by atoms with van der Waals surface area (Å²) in [5, 5.41) is 13.8. The molecule has 4 heteroatoms. The van der Waals surface area contributed by atoms with Gasteiger partial charge >= 0.3 is 0 Å². The van der Waals surface area contributed by atoms with Crippen molar-refractivity contribution in [3.8, 4) is 6.07 Å². The Morgan fingerprint density at radius 2 is 1.61 bits per heavy atom. The van der Waals surface area contributed by atoms with E-state index in [2.05, 4.69) is 52.9 Å². The summed E-state index contributed by atoms with van der Waals surface area (Å²) in [5.41, 5.74) is -0.290. The smallest absolute Gasteiger partial charge is 0.178 e. The highest BCUT2D eigenvalue weighted by atomic mass is 16.1. The molecule has 0 bridgehead atoms. The Bertz CT molecular complexity index is 1060. The normalized spacial score (nSPS) is 49.0. The minimum atomic E-state index is -0.573. The van der Waals surface area contributed by atoms with Crippen molar-refractivity contribution >= 4 is 11.6 Å². The van der Waals surface area contributed by atoms with Crippen LogP contribution in [0.25, 0.3) is 0 Å². The van der Waals surface area contributed by atoms with Gasteiger partial charge in [0.2, 0.25) is 0 Å². The van der Waals surface area contributed by atoms with Crippen LogP contribution < -0.4 is 5.32 Å². The molecular weight excluding hydrogens is 444 g/mol. The van der Waals surface area contributed by atoms with Crippen molar-refractivity contribution in [3.63, 3.8) is 0 Å². The molecular formula is C32H48N2O2. The van der Waals surface area contributed by atoms with Crippen LogP contribution in [0, 0.1) is 62.1 Å². The lowest BCUT2D eigenvalue weighted by molar-refractivity contribution is -0.215. The topological polar surface area (TPSA) is 70.0 Å². The van der Waals surface area contributed by atoms with Gasteiger partial charge in [0.25, 0.3) is 0 Å². The maximum Gasteiger partial charge on any atom is 0.178 e. The molecule has 0 saturated heterocycles. The van der Waals surface area contributed by atoms with Gasteiger partial charge in [-0.25, -0.2) is 0 Å². The second-order valence-corrected chi connectivity index (χ2v) is 15.4. The van der Waals surface area contributed by atoms with Gasteiger partial charge in [0.05, 0.1) is 5.57 Å². The molecule has 0 aromatic rings. The van der Waals surface area contributed by atoms with Crippen LogP contribution in [-0.4, -0.2) is 23.7 Å². The van der Waals surface area contributed by atoms with E-state index in [0.717, 1.165) is 38.6 Å². The molecule has 198 valence electrons. The summed E-state index contributed by atoms with van der Waals surface area (Å²) in [4.78, 5) is 27.7. The largest absolute Gasteiger partial charge is 0.311 e. The van der Waals surface area contributed by atoms with E-state index in [1.165, 1.54) is 12.8 Å². The third kappa shape index (κ3) is 3.14. The molecule has 5 rings (SSSR count). The maximum atomic E-state index is 14.5. The first kappa shape index (κ1) is 26.1. The Balaban J connectivity index is 1.63. The van der Waals surface area contributed by atoms with Gasteiger partial charge in [-0.15, -0.1) is 0 Å². The Morgan fingerprint density at radius 1 is 0.944 bits per heavy atom. The zero-order chi connectivity index (χ0) is 26.5. The zero-order valence-electron chi connectivity index (χ0n) is 24.0. The molecule has 0 radical (unpaired) electrons. The minimum absolute atomic E-state index is 0.00429. The van der Waals surface area contributed by atoms with Gasteiger partial charge in [0, 0.05) is 23.3 Å². The number of hydrogen-bond donors (Lipinski definition) is 1. The Labute approximate surface area is 219 Å². The number of fused-ring (bicyclic) bond motifs is 7. The van der Waals surface area contributed by atoms with Crippen molar-refractivity contribution in [1.29, 1.82) is 5.26 Å². The molecule has 5 aliphatic carbocycles. The van der Waals surface area contributed by atoms with E-state index in [1.54, 1.807) is 0 Å². The van der Waals surface area contributed by atoms with Crippen LogP contribution in [0.4, 0.5) is 0 Å². The molecule has 4 saturated carbocycles. The quantitative estimate of drug-likeness (QED) is 0.469. The number of nitriles is 1. The van der Waals surface area contributed by atoms with Crippen LogP contribution in [0.2, 0.25) is 0 Å². The summed E-state index contributed by atoms with van der Waals surface area (Å²) in [5.74, 6) is 1.23. The van der Waals surface area contributed by atoms with Crippen LogP contribution in [0.15, 0.2) is 11.6 Å². The lowest BCUT2D eigenvalue weighted by Gasteiger charge is -2.72. The first-order valence-corrected chi connectivity index (χ1v) is 14.6. The van der Waals surface area contributed by atoms with E-state index in [9.17, 15) is 14.9 Å². The van der Waals surface area contributed by atoms with E-state index in [0.29, 0.717) is 23.7 Å². The average molecular weight is 493 g/mol. The maximum absolute atomic E-state index is 14.5. The molecule has 36 heavy (non-hydrogen) atoms. The number of Topliss-reactive ketones (excluding diaryl/α,β-unsaturated/α-hetero) is 2. The summed E-state index contributed by atoms with van der Waals surface area (Å²) in [6.45, 7) is 19.3. The van der Waals surface area contributed by atoms with Crippen molar-refractivity contribution in [2.45, 2.75) is 112 Å². The van der Waals surface area contributed by atoms with E-state index in [4.69, 9.17) is 0 Å². The number of carbonyl (C=O) groups excluding carboxylic acids is 2. The molecule has 5 aliphatic rings. The zero-order valence-corrected chi connectivity index (χ0v) is 24.0. The summed E-state index contributed by atoms with van der Waals surface area (Å²) in [6, 6.07) is 2.24. The molecule has 0 heterocycles. The van der Waals surface area contributed by atoms with Crippen molar-refractivity contribution in [3.05, 3.63) is 11.6 Å². The van der Waals surface area contributed by atoms with Crippen molar-refractivity contribution < 1.29 is 9.59 Å². The van der Waals surface area contributed by atoms with Gasteiger partial charge in [0.1, 0.15) is 11.9 Å². The van der Waals surface area contributed by atoms with Gasteiger partial charge in [-0.2, -0.15) is 5.26 Å². The number of hydrogen-bond acceptors (Lipinski definition) is 4. The highest BCUT2D eigenvalue weighted by Crippen LogP contribution is 2.74. The van der Waals surface area contributed by atoms with Crippen LogP contribution in [0.3, 0.4) is 0 Å². The highest BCUT2D eigenvalue weighted by molar-refractivity contribution is 6.04. The molecule has 4 nitrogen and oxygen atoms in total. The second-order valence-electron chi connectivity index (χ2n) is 15.4. The predicted octanol–water partition coefficient (Wildman–Crippen LogP) is 6.65. The summed E-state index contributed by atoms with van der Waals surface area (Å²) >= 11 is 0. The SMILES string of the molecule is CCN[C@]12CCC(C)(C)C[C@H]1[C@H]1C(=O)C[C@@H]3[C@@]4(C)C=C(C#N)C(=O)C(C)(C)C4CC[C@@]3(C)[C@]1(C)CC2. The van der Waals surface area contributed by atoms with Gasteiger partial charge < -0.3 is 5.32 Å². The van der Waals surface area contributed by atoms with E-state index >= 15 is 0 Å². The lowest BCUT2D eigenvalue weighted by atomic mass is 9.32.